The van der Waals surface area contributed by atoms with Crippen molar-refractivity contribution in [3.8, 4) is 0 Å². The summed E-state index contributed by atoms with van der Waals surface area (Å²) in [6.45, 7) is 3.34. The molecule has 1 aromatic carbocycles. The number of methoxy groups -OCH3 is 4. The summed E-state index contributed by atoms with van der Waals surface area (Å²) in [5.41, 5.74) is -4.92. The number of piperidine rings is 1. The minimum absolute atomic E-state index is 0.0497. The monoisotopic (exact) mass is 673 g/mol. The van der Waals surface area contributed by atoms with E-state index in [4.69, 9.17) is 33.2 Å². The molecular weight excluding hydrogens is 626 g/mol. The van der Waals surface area contributed by atoms with E-state index in [0.29, 0.717) is 13.0 Å². The molecule has 264 valence electrons. The number of hydrogen-bond donors (Lipinski definition) is 2. The van der Waals surface area contributed by atoms with Gasteiger partial charge in [0.1, 0.15) is 30.0 Å². The fraction of sp³-hybridized carbons (Fsp3) is 0.743. The van der Waals surface area contributed by atoms with Gasteiger partial charge in [-0.25, -0.2) is 4.79 Å². The van der Waals surface area contributed by atoms with Crippen molar-refractivity contribution >= 4 is 17.9 Å². The number of benzene rings is 1. The van der Waals surface area contributed by atoms with Crippen LogP contribution in [0.1, 0.15) is 37.0 Å². The second-order valence-electron chi connectivity index (χ2n) is 14.9. The van der Waals surface area contributed by atoms with Crippen LogP contribution in [-0.4, -0.2) is 136 Å². The van der Waals surface area contributed by atoms with Gasteiger partial charge < -0.3 is 48.3 Å². The summed E-state index contributed by atoms with van der Waals surface area (Å²) in [6, 6.07) is 8.09. The normalized spacial score (nSPS) is 48.1. The first-order valence-corrected chi connectivity index (χ1v) is 16.7. The topological polar surface area (TPSA) is 160 Å². The van der Waals surface area contributed by atoms with Crippen molar-refractivity contribution in [2.75, 3.05) is 48.6 Å². The SMILES string of the molecule is COC[C@]12CN(C)[C@H]3C4[C@H](OC)[C@H]1[C@@]3([C@@H](OC)C[C@H]2OC(C)=O)[C@H]1C[C@]2(O)[C@H](OC(=O)c3ccccc3)[C@@H]1[C@]4(OC(C)=O)[C@@H](O)[C@@H]2OC. The molecule has 1 spiro atoms. The summed E-state index contributed by atoms with van der Waals surface area (Å²) in [5, 5.41) is 25.3. The molecule has 13 heteroatoms. The number of ether oxygens (including phenoxy) is 7. The Balaban J connectivity index is 1.52. The Labute approximate surface area is 280 Å². The lowest BCUT2D eigenvalue weighted by molar-refractivity contribution is -0.321. The van der Waals surface area contributed by atoms with Gasteiger partial charge in [0.25, 0.3) is 0 Å². The zero-order valence-electron chi connectivity index (χ0n) is 28.5. The molecule has 1 aliphatic heterocycles. The van der Waals surface area contributed by atoms with Crippen molar-refractivity contribution < 1.29 is 57.8 Å². The van der Waals surface area contributed by atoms with Gasteiger partial charge in [-0.1, -0.05) is 18.2 Å². The Kier molecular flexibility index (Phi) is 8.06. The second-order valence-corrected chi connectivity index (χ2v) is 14.9. The molecule has 0 amide bonds. The molecule has 1 unspecified atom stereocenters. The van der Waals surface area contributed by atoms with Crippen molar-refractivity contribution in [3.63, 3.8) is 0 Å². The molecule has 7 rings (SSSR count). The molecule has 0 radical (unpaired) electrons. The molecule has 2 N–H and O–H groups in total. The Bertz CT molecular complexity index is 1460. The molecule has 5 aliphatic carbocycles. The van der Waals surface area contributed by atoms with Crippen LogP contribution in [0.5, 0.6) is 0 Å². The van der Waals surface area contributed by atoms with E-state index in [1.54, 1.807) is 51.7 Å². The first kappa shape index (κ1) is 33.8. The summed E-state index contributed by atoms with van der Waals surface area (Å²) in [4.78, 5) is 41.9. The lowest BCUT2D eigenvalue weighted by Gasteiger charge is -2.70. The first-order valence-electron chi connectivity index (χ1n) is 16.7. The highest BCUT2D eigenvalue weighted by Gasteiger charge is 2.92. The Hall–Kier alpha value is -2.65. The lowest BCUT2D eigenvalue weighted by atomic mass is 9.42. The first-order chi connectivity index (χ1) is 22.8. The predicted molar refractivity (Wildman–Crippen MR) is 165 cm³/mol. The van der Waals surface area contributed by atoms with Crippen LogP contribution in [0.15, 0.2) is 30.3 Å². The number of rotatable bonds is 9. The van der Waals surface area contributed by atoms with Gasteiger partial charge in [0.2, 0.25) is 0 Å². The van der Waals surface area contributed by atoms with Crippen LogP contribution in [-0.2, 0) is 42.7 Å². The van der Waals surface area contributed by atoms with E-state index in [0.717, 1.165) is 0 Å². The molecule has 1 heterocycles. The van der Waals surface area contributed by atoms with E-state index in [-0.39, 0.29) is 24.6 Å². The summed E-state index contributed by atoms with van der Waals surface area (Å²) < 4.78 is 43.7. The van der Waals surface area contributed by atoms with Crippen molar-refractivity contribution in [3.05, 3.63) is 35.9 Å². The summed E-state index contributed by atoms with van der Waals surface area (Å²) in [6.07, 6.45) is -5.46. The maximum absolute atomic E-state index is 13.8. The van der Waals surface area contributed by atoms with Gasteiger partial charge in [-0.3, -0.25) is 9.59 Å². The lowest BCUT2D eigenvalue weighted by Crippen LogP contribution is -2.81. The molecule has 15 atom stereocenters. The van der Waals surface area contributed by atoms with E-state index in [9.17, 15) is 24.6 Å². The molecule has 48 heavy (non-hydrogen) atoms. The fourth-order valence-electron chi connectivity index (χ4n) is 12.5. The van der Waals surface area contributed by atoms with E-state index in [1.807, 2.05) is 7.05 Å². The van der Waals surface area contributed by atoms with Crippen LogP contribution in [0.25, 0.3) is 0 Å². The van der Waals surface area contributed by atoms with Gasteiger partial charge in [-0.15, -0.1) is 0 Å². The van der Waals surface area contributed by atoms with Gasteiger partial charge in [-0.2, -0.15) is 0 Å². The van der Waals surface area contributed by atoms with Crippen LogP contribution in [0.4, 0.5) is 0 Å². The van der Waals surface area contributed by atoms with E-state index < -0.39 is 100 Å². The maximum Gasteiger partial charge on any atom is 0.338 e. The molecule has 1 saturated heterocycles. The number of aliphatic hydroxyl groups excluding tert-OH is 1. The van der Waals surface area contributed by atoms with E-state index in [1.165, 1.54) is 21.0 Å². The number of hydrogen-bond acceptors (Lipinski definition) is 13. The quantitative estimate of drug-likeness (QED) is 0.281. The standard InChI is InChI=1S/C35H47NO12/c1-17(37)46-21-13-22(43-5)34-20-14-33(41)29(47-31(40)19-11-9-8-10-12-19)23(20)35(48-18(2)38,28(39)30(33)45-7)24-25(44-6)26(34)32(21,16-42-4)15-36(3)27(24)34/h8-12,20-30,39,41H,13-16H2,1-7H3/t20-,21+,22-,23+,24?,25-,26+,27-,28-,29+,30-,32-,33-,34-,35+/m0/s1. The number of fused-ring (bicyclic) bond motifs is 2. The molecule has 0 aromatic heterocycles. The van der Waals surface area contributed by atoms with Crippen molar-refractivity contribution in [1.82, 2.24) is 4.90 Å². The Morgan fingerprint density at radius 1 is 0.917 bits per heavy atom. The average molecular weight is 674 g/mol. The number of carbonyl (C=O) groups excluding carboxylic acids is 3. The Morgan fingerprint density at radius 2 is 1.62 bits per heavy atom. The molecule has 13 nitrogen and oxygen atoms in total. The van der Waals surface area contributed by atoms with Crippen LogP contribution in [0.3, 0.4) is 0 Å². The smallest absolute Gasteiger partial charge is 0.338 e. The molecule has 7 bridgehead atoms. The van der Waals surface area contributed by atoms with Crippen LogP contribution in [0.2, 0.25) is 0 Å². The zero-order chi connectivity index (χ0) is 34.6. The summed E-state index contributed by atoms with van der Waals surface area (Å²) in [5.74, 6) is -4.27. The van der Waals surface area contributed by atoms with E-state index in [2.05, 4.69) is 4.90 Å². The molecule has 1 aromatic rings. The van der Waals surface area contributed by atoms with Crippen molar-refractivity contribution in [2.45, 2.75) is 80.6 Å². The summed E-state index contributed by atoms with van der Waals surface area (Å²) >= 11 is 0. The average Bonchev–Trinajstić information content (AvgIpc) is 3.43. The maximum atomic E-state index is 13.8. The minimum atomic E-state index is -1.86. The molecule has 6 fully saturated rings. The highest BCUT2D eigenvalue weighted by Crippen LogP contribution is 2.80. The number of nitrogens with zero attached hydrogens (tertiary/aromatic N) is 1. The summed E-state index contributed by atoms with van der Waals surface area (Å²) in [7, 11) is 8.19. The molecule has 5 saturated carbocycles. The second kappa shape index (κ2) is 11.4. The zero-order valence-corrected chi connectivity index (χ0v) is 28.5. The Morgan fingerprint density at radius 3 is 2.21 bits per heavy atom. The van der Waals surface area contributed by atoms with Crippen molar-refractivity contribution in [2.24, 2.45) is 34.5 Å². The van der Waals surface area contributed by atoms with E-state index >= 15 is 0 Å². The van der Waals surface area contributed by atoms with Crippen molar-refractivity contribution in [1.29, 1.82) is 0 Å². The molecular formula is C35H47NO12. The third-order valence-electron chi connectivity index (χ3n) is 13.2. The van der Waals surface area contributed by atoms with Crippen LogP contribution >= 0.6 is 0 Å². The number of carbonyl (C=O) groups is 3. The van der Waals surface area contributed by atoms with Gasteiger partial charge in [0.15, 0.2) is 5.60 Å². The largest absolute Gasteiger partial charge is 0.462 e. The highest BCUT2D eigenvalue weighted by atomic mass is 16.6. The minimum Gasteiger partial charge on any atom is -0.462 e. The number of likely N-dealkylation sites (tertiary alicyclic amines) is 1. The fourth-order valence-corrected chi connectivity index (χ4v) is 12.5. The molecule has 6 aliphatic rings. The van der Waals surface area contributed by atoms with Gasteiger partial charge >= 0.3 is 17.9 Å². The predicted octanol–water partition coefficient (Wildman–Crippen LogP) is 0.829. The number of aliphatic hydroxyl groups is 2. The third kappa shape index (κ3) is 3.95. The van der Waals surface area contributed by atoms with Gasteiger partial charge in [0.05, 0.1) is 24.4 Å². The van der Waals surface area contributed by atoms with Crippen LogP contribution < -0.4 is 0 Å². The highest BCUT2D eigenvalue weighted by molar-refractivity contribution is 5.89. The third-order valence-corrected chi connectivity index (χ3v) is 13.2. The van der Waals surface area contributed by atoms with Gasteiger partial charge in [-0.05, 0) is 31.5 Å². The number of esters is 3. The van der Waals surface area contributed by atoms with Crippen LogP contribution in [0, 0.1) is 34.5 Å². The van der Waals surface area contributed by atoms with Gasteiger partial charge in [0, 0.05) is 89.9 Å².